The zero-order valence-corrected chi connectivity index (χ0v) is 15.2. The number of carbonyl (C=O) groups excluding carboxylic acids is 3. The summed E-state index contributed by atoms with van der Waals surface area (Å²) in [5.41, 5.74) is 0.744. The van der Waals surface area contributed by atoms with Gasteiger partial charge in [0.05, 0.1) is 6.04 Å². The van der Waals surface area contributed by atoms with Crippen molar-refractivity contribution in [2.24, 2.45) is 0 Å². The maximum Gasteiger partial charge on any atom is 0.326 e. The Kier molecular flexibility index (Phi) is 7.12. The van der Waals surface area contributed by atoms with Gasteiger partial charge in [0.2, 0.25) is 5.91 Å². The van der Waals surface area contributed by atoms with Crippen LogP contribution in [-0.2, 0) is 19.1 Å². The lowest BCUT2D eigenvalue weighted by atomic mass is 10.1. The topological polar surface area (TPSA) is 75.7 Å². The number of likely N-dealkylation sites (tertiary alicyclic amines) is 1. The number of nitrogens with zero attached hydrogens (tertiary/aromatic N) is 1. The highest BCUT2D eigenvalue weighted by Gasteiger charge is 2.24. The second kappa shape index (κ2) is 9.31. The number of rotatable bonds is 6. The number of benzene rings is 1. The lowest BCUT2D eigenvalue weighted by Gasteiger charge is -2.22. The van der Waals surface area contributed by atoms with Crippen molar-refractivity contribution < 1.29 is 23.5 Å². The number of carbonyl (C=O) groups is 3. The predicted molar refractivity (Wildman–Crippen MR) is 93.6 cm³/mol. The SMILES string of the molecule is C[C@H](NC(=O)[C@@H](C)OC(=O)CN1CCCCCC1=O)c1ccc(F)cc1. The smallest absolute Gasteiger partial charge is 0.326 e. The minimum atomic E-state index is -0.979. The lowest BCUT2D eigenvalue weighted by Crippen LogP contribution is -2.41. The molecule has 2 amide bonds. The van der Waals surface area contributed by atoms with Gasteiger partial charge in [-0.3, -0.25) is 14.4 Å². The molecular formula is C19H25FN2O4. The minimum absolute atomic E-state index is 0.0542. The molecular weight excluding hydrogens is 339 g/mol. The third-order valence-corrected chi connectivity index (χ3v) is 4.40. The van der Waals surface area contributed by atoms with Crippen LogP contribution in [-0.4, -0.2) is 41.9 Å². The van der Waals surface area contributed by atoms with Gasteiger partial charge in [-0.2, -0.15) is 0 Å². The Labute approximate surface area is 152 Å². The molecule has 7 heteroatoms. The van der Waals surface area contributed by atoms with Crippen LogP contribution in [0.15, 0.2) is 24.3 Å². The van der Waals surface area contributed by atoms with E-state index in [4.69, 9.17) is 4.74 Å². The van der Waals surface area contributed by atoms with Crippen LogP contribution in [0, 0.1) is 5.82 Å². The highest BCUT2D eigenvalue weighted by Crippen LogP contribution is 2.14. The molecule has 1 aliphatic heterocycles. The third kappa shape index (κ3) is 5.82. The zero-order valence-electron chi connectivity index (χ0n) is 15.2. The summed E-state index contributed by atoms with van der Waals surface area (Å²) in [4.78, 5) is 37.6. The van der Waals surface area contributed by atoms with Crippen molar-refractivity contribution in [2.75, 3.05) is 13.1 Å². The van der Waals surface area contributed by atoms with E-state index in [2.05, 4.69) is 5.32 Å². The summed E-state index contributed by atoms with van der Waals surface area (Å²) in [5, 5.41) is 2.72. The van der Waals surface area contributed by atoms with Gasteiger partial charge >= 0.3 is 5.97 Å². The third-order valence-electron chi connectivity index (χ3n) is 4.40. The molecule has 0 bridgehead atoms. The van der Waals surface area contributed by atoms with Gasteiger partial charge in [-0.05, 0) is 44.4 Å². The second-order valence-corrected chi connectivity index (χ2v) is 6.54. The van der Waals surface area contributed by atoms with Crippen molar-refractivity contribution in [1.29, 1.82) is 0 Å². The second-order valence-electron chi connectivity index (χ2n) is 6.54. The first-order valence-electron chi connectivity index (χ1n) is 8.90. The van der Waals surface area contributed by atoms with Crippen molar-refractivity contribution >= 4 is 17.8 Å². The molecule has 0 radical (unpaired) electrons. The van der Waals surface area contributed by atoms with Crippen LogP contribution in [0.5, 0.6) is 0 Å². The van der Waals surface area contributed by atoms with E-state index in [1.54, 1.807) is 19.1 Å². The number of nitrogens with one attached hydrogen (secondary N) is 1. The molecule has 1 aliphatic rings. The van der Waals surface area contributed by atoms with Crippen LogP contribution in [0.25, 0.3) is 0 Å². The maximum atomic E-state index is 13.0. The van der Waals surface area contributed by atoms with Crippen molar-refractivity contribution in [1.82, 2.24) is 10.2 Å². The average molecular weight is 364 g/mol. The summed E-state index contributed by atoms with van der Waals surface area (Å²) in [7, 11) is 0. The number of halogens is 1. The summed E-state index contributed by atoms with van der Waals surface area (Å²) in [6, 6.07) is 5.46. The Bertz CT molecular complexity index is 647. The first-order valence-corrected chi connectivity index (χ1v) is 8.90. The van der Waals surface area contributed by atoms with Crippen LogP contribution >= 0.6 is 0 Å². The number of hydrogen-bond donors (Lipinski definition) is 1. The normalized spacial score (nSPS) is 17.2. The van der Waals surface area contributed by atoms with Crippen LogP contribution in [0.4, 0.5) is 4.39 Å². The van der Waals surface area contributed by atoms with Gasteiger partial charge < -0.3 is 15.0 Å². The summed E-state index contributed by atoms with van der Waals surface area (Å²) < 4.78 is 18.1. The summed E-state index contributed by atoms with van der Waals surface area (Å²) in [6.07, 6.45) is 2.14. The molecule has 2 rings (SSSR count). The Morgan fingerprint density at radius 2 is 1.88 bits per heavy atom. The Balaban J connectivity index is 1.82. The van der Waals surface area contributed by atoms with Gasteiger partial charge in [0.15, 0.2) is 6.10 Å². The number of ether oxygens (including phenoxy) is 1. The zero-order chi connectivity index (χ0) is 19.1. The fourth-order valence-corrected chi connectivity index (χ4v) is 2.82. The van der Waals surface area contributed by atoms with Crippen LogP contribution in [0.3, 0.4) is 0 Å². The molecule has 26 heavy (non-hydrogen) atoms. The molecule has 2 atom stereocenters. The lowest BCUT2D eigenvalue weighted by molar-refractivity contribution is -0.157. The highest BCUT2D eigenvalue weighted by atomic mass is 19.1. The number of hydrogen-bond acceptors (Lipinski definition) is 4. The van der Waals surface area contributed by atoms with E-state index in [0.29, 0.717) is 13.0 Å². The molecule has 0 unspecified atom stereocenters. The van der Waals surface area contributed by atoms with E-state index < -0.39 is 18.0 Å². The average Bonchev–Trinajstić information content (AvgIpc) is 2.79. The van der Waals surface area contributed by atoms with E-state index >= 15 is 0 Å². The van der Waals surface area contributed by atoms with Crippen LogP contribution < -0.4 is 5.32 Å². The van der Waals surface area contributed by atoms with Crippen molar-refractivity contribution in [3.63, 3.8) is 0 Å². The van der Waals surface area contributed by atoms with E-state index in [-0.39, 0.29) is 24.3 Å². The molecule has 0 saturated carbocycles. The molecule has 1 saturated heterocycles. The van der Waals surface area contributed by atoms with Gasteiger partial charge in [0.25, 0.3) is 5.91 Å². The molecule has 0 spiro atoms. The van der Waals surface area contributed by atoms with Gasteiger partial charge in [0.1, 0.15) is 12.4 Å². The minimum Gasteiger partial charge on any atom is -0.451 e. The molecule has 1 aromatic carbocycles. The van der Waals surface area contributed by atoms with Crippen LogP contribution in [0.1, 0.15) is 51.1 Å². The molecule has 1 N–H and O–H groups in total. The van der Waals surface area contributed by atoms with Gasteiger partial charge in [-0.1, -0.05) is 18.6 Å². The quantitative estimate of drug-likeness (QED) is 0.786. The molecule has 142 valence electrons. The molecule has 6 nitrogen and oxygen atoms in total. The fraction of sp³-hybridized carbons (Fsp3) is 0.526. The Morgan fingerprint density at radius 3 is 2.58 bits per heavy atom. The first kappa shape index (κ1) is 19.9. The van der Waals surface area contributed by atoms with E-state index in [0.717, 1.165) is 24.8 Å². The van der Waals surface area contributed by atoms with E-state index in [1.165, 1.54) is 24.0 Å². The fourth-order valence-electron chi connectivity index (χ4n) is 2.82. The molecule has 0 aromatic heterocycles. The molecule has 1 aromatic rings. The molecule has 1 heterocycles. The highest BCUT2D eigenvalue weighted by molar-refractivity contribution is 5.86. The molecule has 0 aliphatic carbocycles. The summed E-state index contributed by atoms with van der Waals surface area (Å²) >= 11 is 0. The predicted octanol–water partition coefficient (Wildman–Crippen LogP) is 2.34. The van der Waals surface area contributed by atoms with Gasteiger partial charge in [-0.25, -0.2) is 4.39 Å². The Hall–Kier alpha value is -2.44. The summed E-state index contributed by atoms with van der Waals surface area (Å²) in [5.74, 6) is -1.45. The van der Waals surface area contributed by atoms with Gasteiger partial charge in [-0.15, -0.1) is 0 Å². The van der Waals surface area contributed by atoms with Crippen molar-refractivity contribution in [3.8, 4) is 0 Å². The number of esters is 1. The summed E-state index contributed by atoms with van der Waals surface area (Å²) in [6.45, 7) is 3.64. The van der Waals surface area contributed by atoms with E-state index in [1.807, 2.05) is 0 Å². The number of amides is 2. The van der Waals surface area contributed by atoms with Crippen molar-refractivity contribution in [2.45, 2.75) is 51.7 Å². The Morgan fingerprint density at radius 1 is 1.19 bits per heavy atom. The maximum absolute atomic E-state index is 13.0. The van der Waals surface area contributed by atoms with E-state index in [9.17, 15) is 18.8 Å². The monoisotopic (exact) mass is 364 g/mol. The largest absolute Gasteiger partial charge is 0.451 e. The first-order chi connectivity index (χ1) is 12.4. The van der Waals surface area contributed by atoms with Crippen molar-refractivity contribution in [3.05, 3.63) is 35.6 Å². The molecule has 1 fully saturated rings. The van der Waals surface area contributed by atoms with Crippen LogP contribution in [0.2, 0.25) is 0 Å². The standard InChI is InChI=1S/C19H25FN2O4/c1-13(15-7-9-16(20)10-8-15)21-19(25)14(2)26-18(24)12-22-11-5-3-4-6-17(22)23/h7-10,13-14H,3-6,11-12H2,1-2H3,(H,21,25)/t13-,14+/m0/s1. The van der Waals surface area contributed by atoms with Gasteiger partial charge in [0, 0.05) is 13.0 Å².